The Labute approximate surface area is 200 Å². The largest absolute Gasteiger partial charge is 0.484 e. The molecule has 0 aliphatic carbocycles. The maximum absolute atomic E-state index is 13.6. The lowest BCUT2D eigenvalue weighted by Gasteiger charge is -2.08. The van der Waals surface area contributed by atoms with Gasteiger partial charge in [-0.1, -0.05) is 24.3 Å². The highest BCUT2D eigenvalue weighted by atomic mass is 19.1. The molecule has 0 aromatic heterocycles. The first-order valence-electron chi connectivity index (χ1n) is 10.3. The standard InChI is InChI=1S/C26H20FN3O5/c1-34-26(33)18-8-10-20(11-9-18)29-25(32)19(15-28)14-17-6-12-21(13-7-17)35-16-24(31)30-23-5-3-2-4-22(23)27/h2-14H,16H2,1H3,(H,29,32)(H,30,31)/b19-14-. The lowest BCUT2D eigenvalue weighted by atomic mass is 10.1. The van der Waals surface area contributed by atoms with Gasteiger partial charge in [0.05, 0.1) is 18.4 Å². The van der Waals surface area contributed by atoms with Crippen LogP contribution < -0.4 is 15.4 Å². The van der Waals surface area contributed by atoms with Gasteiger partial charge in [-0.2, -0.15) is 5.26 Å². The topological polar surface area (TPSA) is 118 Å². The van der Waals surface area contributed by atoms with Gasteiger partial charge in [-0.25, -0.2) is 9.18 Å². The fourth-order valence-electron chi connectivity index (χ4n) is 2.88. The van der Waals surface area contributed by atoms with Crippen LogP contribution in [0.2, 0.25) is 0 Å². The Balaban J connectivity index is 1.57. The first-order valence-corrected chi connectivity index (χ1v) is 10.3. The van der Waals surface area contributed by atoms with E-state index in [4.69, 9.17) is 4.74 Å². The van der Waals surface area contributed by atoms with Gasteiger partial charge in [0.2, 0.25) is 0 Å². The summed E-state index contributed by atoms with van der Waals surface area (Å²) < 4.78 is 23.6. The third-order valence-electron chi connectivity index (χ3n) is 4.64. The lowest BCUT2D eigenvalue weighted by molar-refractivity contribution is -0.118. The molecule has 8 nitrogen and oxygen atoms in total. The number of esters is 1. The Kier molecular flexibility index (Phi) is 8.29. The minimum Gasteiger partial charge on any atom is -0.484 e. The van der Waals surface area contributed by atoms with Crippen LogP contribution in [0.15, 0.2) is 78.4 Å². The van der Waals surface area contributed by atoms with E-state index in [9.17, 15) is 24.0 Å². The zero-order valence-electron chi connectivity index (χ0n) is 18.6. The van der Waals surface area contributed by atoms with Crippen molar-refractivity contribution in [3.8, 4) is 11.8 Å². The number of para-hydroxylation sites is 1. The molecule has 3 aromatic rings. The fourth-order valence-corrected chi connectivity index (χ4v) is 2.88. The van der Waals surface area contributed by atoms with E-state index in [1.54, 1.807) is 30.3 Å². The summed E-state index contributed by atoms with van der Waals surface area (Å²) in [6.07, 6.45) is 1.40. The van der Waals surface area contributed by atoms with Crippen molar-refractivity contribution in [3.05, 3.63) is 95.3 Å². The van der Waals surface area contributed by atoms with Crippen molar-refractivity contribution < 1.29 is 28.2 Å². The molecule has 0 radical (unpaired) electrons. The van der Waals surface area contributed by atoms with Crippen LogP contribution in [0, 0.1) is 17.1 Å². The molecule has 9 heteroatoms. The van der Waals surface area contributed by atoms with E-state index >= 15 is 0 Å². The fraction of sp³-hybridized carbons (Fsp3) is 0.0769. The number of hydrogen-bond donors (Lipinski definition) is 2. The van der Waals surface area contributed by atoms with Gasteiger partial charge in [-0.15, -0.1) is 0 Å². The number of methoxy groups -OCH3 is 1. The summed E-state index contributed by atoms with van der Waals surface area (Å²) in [6, 6.07) is 20.0. The summed E-state index contributed by atoms with van der Waals surface area (Å²) in [4.78, 5) is 35.9. The van der Waals surface area contributed by atoms with Gasteiger partial charge in [0.15, 0.2) is 6.61 Å². The van der Waals surface area contributed by atoms with E-state index in [2.05, 4.69) is 15.4 Å². The van der Waals surface area contributed by atoms with Crippen LogP contribution >= 0.6 is 0 Å². The van der Waals surface area contributed by atoms with E-state index in [1.807, 2.05) is 6.07 Å². The number of benzene rings is 3. The van der Waals surface area contributed by atoms with Gasteiger partial charge in [0.1, 0.15) is 23.2 Å². The molecule has 0 aliphatic heterocycles. The second kappa shape index (κ2) is 11.8. The summed E-state index contributed by atoms with van der Waals surface area (Å²) >= 11 is 0. The van der Waals surface area contributed by atoms with E-state index in [1.165, 1.54) is 55.7 Å². The SMILES string of the molecule is COC(=O)c1ccc(NC(=O)/C(C#N)=C\c2ccc(OCC(=O)Nc3ccccc3F)cc2)cc1. The molecule has 0 atom stereocenters. The van der Waals surface area contributed by atoms with E-state index in [0.717, 1.165) is 0 Å². The molecule has 35 heavy (non-hydrogen) atoms. The molecule has 3 aromatic carbocycles. The normalized spacial score (nSPS) is 10.6. The Morgan fingerprint density at radius 2 is 1.66 bits per heavy atom. The highest BCUT2D eigenvalue weighted by molar-refractivity contribution is 6.09. The maximum Gasteiger partial charge on any atom is 0.337 e. The number of nitrogens with one attached hydrogen (secondary N) is 2. The summed E-state index contributed by atoms with van der Waals surface area (Å²) in [5.74, 6) is -1.82. The van der Waals surface area contributed by atoms with Crippen LogP contribution in [0.3, 0.4) is 0 Å². The number of nitriles is 1. The minimum atomic E-state index is -0.622. The Bertz CT molecular complexity index is 1300. The molecule has 0 saturated carbocycles. The predicted molar refractivity (Wildman–Crippen MR) is 127 cm³/mol. The number of carbonyl (C=O) groups is 3. The van der Waals surface area contributed by atoms with Crippen LogP contribution in [0.4, 0.5) is 15.8 Å². The van der Waals surface area contributed by atoms with Crippen molar-refractivity contribution >= 4 is 35.2 Å². The smallest absolute Gasteiger partial charge is 0.337 e. The summed E-state index contributed by atoms with van der Waals surface area (Å²) in [5, 5.41) is 14.4. The number of hydrogen-bond acceptors (Lipinski definition) is 6. The van der Waals surface area contributed by atoms with Gasteiger partial charge < -0.3 is 20.1 Å². The monoisotopic (exact) mass is 473 g/mol. The van der Waals surface area contributed by atoms with Crippen molar-refractivity contribution in [2.24, 2.45) is 0 Å². The van der Waals surface area contributed by atoms with Crippen LogP contribution in [0.1, 0.15) is 15.9 Å². The zero-order chi connectivity index (χ0) is 25.2. The van der Waals surface area contributed by atoms with Crippen molar-refractivity contribution in [3.63, 3.8) is 0 Å². The van der Waals surface area contributed by atoms with E-state index < -0.39 is 23.6 Å². The molecule has 0 heterocycles. The first kappa shape index (κ1) is 24.7. The van der Waals surface area contributed by atoms with Crippen molar-refractivity contribution in [1.82, 2.24) is 0 Å². The number of anilines is 2. The molecule has 3 rings (SSSR count). The molecule has 0 unspecified atom stereocenters. The molecule has 176 valence electrons. The Hall–Kier alpha value is -4.97. The number of amides is 2. The van der Waals surface area contributed by atoms with Gasteiger partial charge in [0.25, 0.3) is 11.8 Å². The number of carbonyl (C=O) groups excluding carboxylic acids is 3. The second-order valence-electron chi connectivity index (χ2n) is 7.08. The van der Waals surface area contributed by atoms with Crippen molar-refractivity contribution in [2.45, 2.75) is 0 Å². The van der Waals surface area contributed by atoms with Crippen LogP contribution in [-0.2, 0) is 14.3 Å². The molecule has 0 saturated heterocycles. The average Bonchev–Trinajstić information content (AvgIpc) is 2.88. The molecule has 0 bridgehead atoms. The highest BCUT2D eigenvalue weighted by Crippen LogP contribution is 2.17. The lowest BCUT2D eigenvalue weighted by Crippen LogP contribution is -2.20. The van der Waals surface area contributed by atoms with Crippen molar-refractivity contribution in [1.29, 1.82) is 5.26 Å². The average molecular weight is 473 g/mol. The molecule has 0 fully saturated rings. The molecular formula is C26H20FN3O5. The van der Waals surface area contributed by atoms with Gasteiger partial charge in [-0.3, -0.25) is 9.59 Å². The summed E-state index contributed by atoms with van der Waals surface area (Å²) in [7, 11) is 1.27. The molecule has 2 amide bonds. The molecule has 0 spiro atoms. The van der Waals surface area contributed by atoms with E-state index in [0.29, 0.717) is 22.6 Å². The first-order chi connectivity index (χ1) is 16.9. The molecular weight excluding hydrogens is 453 g/mol. The summed E-state index contributed by atoms with van der Waals surface area (Å²) in [5.41, 5.74) is 1.21. The number of rotatable bonds is 8. The van der Waals surface area contributed by atoms with Crippen LogP contribution in [0.5, 0.6) is 5.75 Å². The zero-order valence-corrected chi connectivity index (χ0v) is 18.6. The van der Waals surface area contributed by atoms with Gasteiger partial charge in [0, 0.05) is 5.69 Å². The summed E-state index contributed by atoms with van der Waals surface area (Å²) in [6.45, 7) is -0.329. The van der Waals surface area contributed by atoms with Gasteiger partial charge in [-0.05, 0) is 60.2 Å². The number of halogens is 1. The van der Waals surface area contributed by atoms with Crippen LogP contribution in [0.25, 0.3) is 6.08 Å². The predicted octanol–water partition coefficient (Wildman–Crippen LogP) is 4.18. The van der Waals surface area contributed by atoms with Gasteiger partial charge >= 0.3 is 5.97 Å². The second-order valence-corrected chi connectivity index (χ2v) is 7.08. The number of ether oxygens (including phenoxy) is 2. The minimum absolute atomic E-state index is 0.0586. The van der Waals surface area contributed by atoms with Crippen LogP contribution in [-0.4, -0.2) is 31.5 Å². The van der Waals surface area contributed by atoms with E-state index in [-0.39, 0.29) is 17.9 Å². The Morgan fingerprint density at radius 3 is 2.29 bits per heavy atom. The Morgan fingerprint density at radius 1 is 0.971 bits per heavy atom. The highest BCUT2D eigenvalue weighted by Gasteiger charge is 2.11. The third kappa shape index (κ3) is 7.00. The number of nitrogens with zero attached hydrogens (tertiary/aromatic N) is 1. The van der Waals surface area contributed by atoms with Crippen molar-refractivity contribution in [2.75, 3.05) is 24.4 Å². The quantitative estimate of drug-likeness (QED) is 0.288. The molecule has 0 aliphatic rings. The maximum atomic E-state index is 13.6. The molecule has 2 N–H and O–H groups in total. The third-order valence-corrected chi connectivity index (χ3v) is 4.64.